The Hall–Kier alpha value is -1.32. The summed E-state index contributed by atoms with van der Waals surface area (Å²) in [5.41, 5.74) is 2.91. The van der Waals surface area contributed by atoms with Crippen LogP contribution in [0.15, 0.2) is 56.5 Å². The van der Waals surface area contributed by atoms with Gasteiger partial charge < -0.3 is 4.74 Å². The van der Waals surface area contributed by atoms with Crippen molar-refractivity contribution in [1.82, 2.24) is 0 Å². The topological polar surface area (TPSA) is 21.6 Å². The van der Waals surface area contributed by atoms with Gasteiger partial charge >= 0.3 is 0 Å². The van der Waals surface area contributed by atoms with E-state index in [4.69, 9.17) is 16.3 Å². The summed E-state index contributed by atoms with van der Waals surface area (Å²) in [6.07, 6.45) is 8.93. The number of hydrogen-bond acceptors (Lipinski definition) is 2. The third kappa shape index (κ3) is 4.34. The van der Waals surface area contributed by atoms with Crippen molar-refractivity contribution in [2.75, 3.05) is 6.61 Å². The van der Waals surface area contributed by atoms with Crippen molar-refractivity contribution in [1.29, 1.82) is 0 Å². The zero-order valence-corrected chi connectivity index (χ0v) is 15.0. The van der Waals surface area contributed by atoms with Gasteiger partial charge in [-0.2, -0.15) is 0 Å². The monoisotopic (exact) mass is 379 g/mol. The number of aliphatic imine (C=N–C) groups is 1. The maximum atomic E-state index is 6.25. The van der Waals surface area contributed by atoms with Crippen LogP contribution in [0.5, 0.6) is 5.75 Å². The van der Waals surface area contributed by atoms with Crippen LogP contribution >= 0.6 is 27.5 Å². The van der Waals surface area contributed by atoms with Crippen molar-refractivity contribution in [3.05, 3.63) is 57.1 Å². The van der Waals surface area contributed by atoms with E-state index in [1.807, 2.05) is 31.2 Å². The van der Waals surface area contributed by atoms with E-state index in [2.05, 4.69) is 39.8 Å². The summed E-state index contributed by atoms with van der Waals surface area (Å²) in [6.45, 7) is 6.14. The van der Waals surface area contributed by atoms with Crippen molar-refractivity contribution < 1.29 is 4.74 Å². The molecule has 0 bridgehead atoms. The molecule has 0 unspecified atom stereocenters. The number of rotatable bonds is 6. The van der Waals surface area contributed by atoms with Crippen LogP contribution in [0.1, 0.15) is 31.7 Å². The van der Waals surface area contributed by atoms with Gasteiger partial charge in [-0.3, -0.25) is 4.99 Å². The lowest BCUT2D eigenvalue weighted by molar-refractivity contribution is 0.321. The van der Waals surface area contributed by atoms with Gasteiger partial charge in [0, 0.05) is 21.5 Å². The van der Waals surface area contributed by atoms with Crippen molar-refractivity contribution in [2.45, 2.75) is 26.2 Å². The summed E-state index contributed by atoms with van der Waals surface area (Å²) in [6, 6.07) is 5.90. The molecule has 0 spiro atoms. The molecule has 4 heteroatoms. The average Bonchev–Trinajstić information content (AvgIpc) is 2.52. The minimum absolute atomic E-state index is 0.582. The number of hydrogen-bond donors (Lipinski definition) is 0. The molecule has 1 aliphatic rings. The van der Waals surface area contributed by atoms with Crippen LogP contribution < -0.4 is 4.74 Å². The molecule has 0 N–H and O–H groups in total. The molecule has 0 amide bonds. The van der Waals surface area contributed by atoms with E-state index in [1.165, 1.54) is 5.57 Å². The van der Waals surface area contributed by atoms with Gasteiger partial charge in [-0.1, -0.05) is 45.8 Å². The van der Waals surface area contributed by atoms with Gasteiger partial charge in [-0.25, -0.2) is 0 Å². The van der Waals surface area contributed by atoms with Gasteiger partial charge in [0.1, 0.15) is 5.75 Å². The first-order chi connectivity index (χ1) is 10.7. The minimum Gasteiger partial charge on any atom is -0.493 e. The molecule has 22 heavy (non-hydrogen) atoms. The van der Waals surface area contributed by atoms with Gasteiger partial charge in [0.25, 0.3) is 0 Å². The van der Waals surface area contributed by atoms with E-state index in [9.17, 15) is 0 Å². The lowest BCUT2D eigenvalue weighted by atomic mass is 10.0. The zero-order chi connectivity index (χ0) is 15.9. The van der Waals surface area contributed by atoms with Crippen LogP contribution in [-0.2, 0) is 0 Å². The van der Waals surface area contributed by atoms with Crippen LogP contribution in [0, 0.1) is 0 Å². The fourth-order valence-corrected chi connectivity index (χ4v) is 2.96. The van der Waals surface area contributed by atoms with Crippen molar-refractivity contribution in [2.24, 2.45) is 4.99 Å². The molecule has 0 heterocycles. The number of allylic oxidation sites excluding steroid dienone is 4. The molecule has 0 atom stereocenters. The largest absolute Gasteiger partial charge is 0.493 e. The fourth-order valence-electron chi connectivity index (χ4n) is 2.34. The van der Waals surface area contributed by atoms with Gasteiger partial charge in [-0.15, -0.1) is 0 Å². The maximum Gasteiger partial charge on any atom is 0.128 e. The van der Waals surface area contributed by atoms with Crippen LogP contribution in [0.3, 0.4) is 0 Å². The summed E-state index contributed by atoms with van der Waals surface area (Å²) in [4.78, 5) is 4.06. The molecular formula is C18H19BrClNO. The highest BCUT2D eigenvalue weighted by molar-refractivity contribution is 9.10. The van der Waals surface area contributed by atoms with Crippen molar-refractivity contribution in [3.63, 3.8) is 0 Å². The minimum atomic E-state index is 0.582. The molecule has 0 radical (unpaired) electrons. The highest BCUT2D eigenvalue weighted by Crippen LogP contribution is 2.31. The summed E-state index contributed by atoms with van der Waals surface area (Å²) < 4.78 is 6.94. The first kappa shape index (κ1) is 17.0. The fraction of sp³-hybridized carbons (Fsp3) is 0.278. The molecule has 0 aromatic heterocycles. The molecule has 0 saturated carbocycles. The van der Waals surface area contributed by atoms with E-state index < -0.39 is 0 Å². The summed E-state index contributed by atoms with van der Waals surface area (Å²) in [7, 11) is 0. The lowest BCUT2D eigenvalue weighted by Gasteiger charge is -2.14. The van der Waals surface area contributed by atoms with Crippen molar-refractivity contribution >= 4 is 39.9 Å². The second kappa shape index (κ2) is 8.35. The Labute approximate surface area is 145 Å². The Morgan fingerprint density at radius 1 is 1.50 bits per heavy atom. The molecular weight excluding hydrogens is 362 g/mol. The van der Waals surface area contributed by atoms with E-state index in [1.54, 1.807) is 0 Å². The average molecular weight is 381 g/mol. The molecule has 1 aromatic carbocycles. The van der Waals surface area contributed by atoms with Crippen molar-refractivity contribution in [3.8, 4) is 5.75 Å². The summed E-state index contributed by atoms with van der Waals surface area (Å²) in [5.74, 6) is 0.806. The molecule has 2 nitrogen and oxygen atoms in total. The molecule has 0 aliphatic heterocycles. The lowest BCUT2D eigenvalue weighted by Crippen LogP contribution is -2.02. The molecule has 116 valence electrons. The Morgan fingerprint density at radius 2 is 2.32 bits per heavy atom. The summed E-state index contributed by atoms with van der Waals surface area (Å²) >= 11 is 9.73. The Balaban J connectivity index is 2.10. The Morgan fingerprint density at radius 3 is 3.00 bits per heavy atom. The van der Waals surface area contributed by atoms with Crippen LogP contribution in [0.2, 0.25) is 0 Å². The molecule has 0 saturated heterocycles. The third-order valence-corrected chi connectivity index (χ3v) is 4.41. The second-order valence-electron chi connectivity index (χ2n) is 4.94. The zero-order valence-electron chi connectivity index (χ0n) is 12.6. The Bertz CT molecular complexity index is 646. The van der Waals surface area contributed by atoms with Gasteiger partial charge in [0.15, 0.2) is 0 Å². The second-order valence-corrected chi connectivity index (χ2v) is 6.31. The Kier molecular flexibility index (Phi) is 6.47. The van der Waals surface area contributed by atoms with Gasteiger partial charge in [-0.05, 0) is 50.3 Å². The maximum absolute atomic E-state index is 6.25. The predicted molar refractivity (Wildman–Crippen MR) is 98.7 cm³/mol. The molecule has 2 rings (SSSR count). The predicted octanol–water partition coefficient (Wildman–Crippen LogP) is 6.12. The van der Waals surface area contributed by atoms with Gasteiger partial charge in [0.2, 0.25) is 0 Å². The van der Waals surface area contributed by atoms with Crippen LogP contribution in [0.25, 0.3) is 5.70 Å². The molecule has 1 aromatic rings. The number of ether oxygens (including phenoxy) is 1. The number of nitrogens with zero attached hydrogens (tertiary/aromatic N) is 1. The van der Waals surface area contributed by atoms with E-state index in [0.717, 1.165) is 45.8 Å². The normalized spacial score (nSPS) is 15.1. The smallest absolute Gasteiger partial charge is 0.128 e. The van der Waals surface area contributed by atoms with Crippen LogP contribution in [0.4, 0.5) is 0 Å². The first-order valence-electron chi connectivity index (χ1n) is 7.25. The quantitative estimate of drug-likeness (QED) is 0.545. The molecule has 1 aliphatic carbocycles. The van der Waals surface area contributed by atoms with E-state index in [-0.39, 0.29) is 0 Å². The van der Waals surface area contributed by atoms with E-state index >= 15 is 0 Å². The molecule has 0 fully saturated rings. The SMILES string of the molecule is C=N/C(=C\C)c1cc(Br)ccc1OCCC1=C(Cl)CCC=C1. The standard InChI is InChI=1S/C18H19BrClNO/c1-3-17(21-2)15-12-14(19)8-9-18(15)22-11-10-13-6-4-5-7-16(13)20/h3-4,6,8-9,12H,2,5,7,10-11H2,1H3/b17-3-. The summed E-state index contributed by atoms with van der Waals surface area (Å²) in [5, 5.41) is 0.948. The highest BCUT2D eigenvalue weighted by Gasteiger charge is 2.10. The third-order valence-electron chi connectivity index (χ3n) is 3.49. The number of benzene rings is 1. The first-order valence-corrected chi connectivity index (χ1v) is 8.42. The highest BCUT2D eigenvalue weighted by atomic mass is 79.9. The van der Waals surface area contributed by atoms with Gasteiger partial charge in [0.05, 0.1) is 12.3 Å². The van der Waals surface area contributed by atoms with E-state index in [0.29, 0.717) is 6.61 Å². The number of halogens is 2. The van der Waals surface area contributed by atoms with Crippen LogP contribution in [-0.4, -0.2) is 13.3 Å².